The Morgan fingerprint density at radius 1 is 1.26 bits per heavy atom. The summed E-state index contributed by atoms with van der Waals surface area (Å²) in [5.41, 5.74) is 1.51. The summed E-state index contributed by atoms with van der Waals surface area (Å²) < 4.78 is 2.24. The van der Waals surface area contributed by atoms with Crippen molar-refractivity contribution in [2.75, 3.05) is 31.1 Å². The first-order chi connectivity index (χ1) is 13.1. The van der Waals surface area contributed by atoms with Gasteiger partial charge in [-0.3, -0.25) is 9.36 Å². The van der Waals surface area contributed by atoms with Gasteiger partial charge in [0, 0.05) is 44.5 Å². The average molecular weight is 388 g/mol. The molecule has 0 saturated carbocycles. The highest BCUT2D eigenvalue weighted by atomic mass is 32.1. The number of amides is 1. The number of carbonyl (C=O) groups excluding carboxylic acids is 1. The normalized spacial score (nSPS) is 20.5. The molecule has 1 fully saturated rings. The maximum atomic E-state index is 11.7. The van der Waals surface area contributed by atoms with Crippen LogP contribution in [0.1, 0.15) is 44.1 Å². The zero-order valence-corrected chi connectivity index (χ0v) is 17.4. The van der Waals surface area contributed by atoms with Crippen LogP contribution in [-0.4, -0.2) is 51.8 Å². The van der Waals surface area contributed by atoms with Crippen molar-refractivity contribution in [2.45, 2.75) is 53.0 Å². The summed E-state index contributed by atoms with van der Waals surface area (Å²) in [6, 6.07) is 2.34. The molecule has 0 N–H and O–H groups in total. The van der Waals surface area contributed by atoms with Gasteiger partial charge < -0.3 is 9.80 Å². The maximum absolute atomic E-state index is 11.7. The number of nitrogens with zero attached hydrogens (tertiary/aromatic N) is 5. The van der Waals surface area contributed by atoms with E-state index in [9.17, 15) is 4.79 Å². The van der Waals surface area contributed by atoms with E-state index in [1.54, 1.807) is 6.92 Å². The Morgan fingerprint density at radius 2 is 2.11 bits per heavy atom. The van der Waals surface area contributed by atoms with Gasteiger partial charge in [-0.2, -0.15) is 0 Å². The second kappa shape index (κ2) is 7.62. The maximum Gasteiger partial charge on any atom is 0.227 e. The quantitative estimate of drug-likeness (QED) is 0.811. The lowest BCUT2D eigenvalue weighted by Gasteiger charge is -2.22. The van der Waals surface area contributed by atoms with Gasteiger partial charge in [0.25, 0.3) is 0 Å². The minimum atomic E-state index is 0.160. The molecule has 3 heterocycles. The first kappa shape index (κ1) is 18.5. The molecule has 1 atom stereocenters. The smallest absolute Gasteiger partial charge is 0.227 e. The molecule has 146 valence electrons. The Balaban J connectivity index is 1.60. The Hall–Kier alpha value is -1.89. The lowest BCUT2D eigenvalue weighted by molar-refractivity contribution is -0.128. The fourth-order valence-electron chi connectivity index (χ4n) is 4.25. The van der Waals surface area contributed by atoms with Crippen molar-refractivity contribution >= 4 is 23.2 Å². The zero-order valence-electron chi connectivity index (χ0n) is 16.6. The third-order valence-electron chi connectivity index (χ3n) is 5.82. The molecule has 0 radical (unpaired) electrons. The number of anilines is 1. The van der Waals surface area contributed by atoms with Crippen LogP contribution < -0.4 is 4.90 Å². The van der Waals surface area contributed by atoms with E-state index in [-0.39, 0.29) is 5.91 Å². The van der Waals surface area contributed by atoms with Crippen molar-refractivity contribution < 1.29 is 4.79 Å². The predicted octanol–water partition coefficient (Wildman–Crippen LogP) is 3.21. The van der Waals surface area contributed by atoms with E-state index in [0.717, 1.165) is 56.8 Å². The van der Waals surface area contributed by atoms with Crippen molar-refractivity contribution in [3.05, 3.63) is 16.5 Å². The van der Waals surface area contributed by atoms with E-state index >= 15 is 0 Å². The van der Waals surface area contributed by atoms with Gasteiger partial charge in [-0.15, -0.1) is 21.5 Å². The Bertz CT molecular complexity index is 826. The van der Waals surface area contributed by atoms with Gasteiger partial charge in [0.2, 0.25) is 11.9 Å². The van der Waals surface area contributed by atoms with Crippen LogP contribution >= 0.6 is 11.3 Å². The highest BCUT2D eigenvalue weighted by Crippen LogP contribution is 2.37. The summed E-state index contributed by atoms with van der Waals surface area (Å²) >= 11 is 1.89. The van der Waals surface area contributed by atoms with Crippen LogP contribution in [0.25, 0.3) is 10.7 Å². The monoisotopic (exact) mass is 387 g/mol. The highest BCUT2D eigenvalue weighted by Gasteiger charge is 2.25. The average Bonchev–Trinajstić information content (AvgIpc) is 3.17. The number of carbonyl (C=O) groups is 1. The molecule has 0 aromatic carbocycles. The number of thiophene rings is 1. The van der Waals surface area contributed by atoms with E-state index in [2.05, 4.69) is 39.6 Å². The molecule has 2 aromatic rings. The van der Waals surface area contributed by atoms with Crippen molar-refractivity contribution in [3.8, 4) is 10.7 Å². The van der Waals surface area contributed by atoms with E-state index in [1.165, 1.54) is 34.6 Å². The van der Waals surface area contributed by atoms with Gasteiger partial charge in [-0.05, 0) is 50.2 Å². The van der Waals surface area contributed by atoms with Crippen LogP contribution in [0, 0.1) is 5.92 Å². The molecule has 2 aliphatic rings. The van der Waals surface area contributed by atoms with Crippen LogP contribution in [0.4, 0.5) is 5.95 Å². The van der Waals surface area contributed by atoms with Crippen molar-refractivity contribution in [3.63, 3.8) is 0 Å². The molecule has 1 amide bonds. The topological polar surface area (TPSA) is 54.3 Å². The minimum absolute atomic E-state index is 0.160. The van der Waals surface area contributed by atoms with E-state index in [4.69, 9.17) is 0 Å². The van der Waals surface area contributed by atoms with Crippen LogP contribution in [0.5, 0.6) is 0 Å². The lowest BCUT2D eigenvalue weighted by atomic mass is 9.90. The third-order valence-corrected chi connectivity index (χ3v) is 7.05. The summed E-state index contributed by atoms with van der Waals surface area (Å²) in [4.78, 5) is 18.7. The lowest BCUT2D eigenvalue weighted by Crippen LogP contribution is -2.34. The molecule has 1 saturated heterocycles. The van der Waals surface area contributed by atoms with Gasteiger partial charge in [-0.25, -0.2) is 0 Å². The molecule has 1 aliphatic carbocycles. The number of aromatic nitrogens is 3. The third kappa shape index (κ3) is 3.61. The molecule has 6 nitrogen and oxygen atoms in total. The van der Waals surface area contributed by atoms with Crippen LogP contribution in [0.3, 0.4) is 0 Å². The van der Waals surface area contributed by atoms with Gasteiger partial charge in [-0.1, -0.05) is 6.92 Å². The Morgan fingerprint density at radius 3 is 2.89 bits per heavy atom. The van der Waals surface area contributed by atoms with E-state index in [1.807, 2.05) is 16.2 Å². The number of hydrogen-bond donors (Lipinski definition) is 0. The number of rotatable bonds is 3. The standard InChI is InChI=1S/C20H29N5OS/c1-4-25-19(18-13-16-12-14(2)6-7-17(16)27-18)21-22-20(25)24-9-5-8-23(10-11-24)15(3)26/h13-14H,4-12H2,1-3H3. The second-order valence-corrected chi connectivity index (χ2v) is 8.96. The van der Waals surface area contributed by atoms with E-state index in [0.29, 0.717) is 0 Å². The second-order valence-electron chi connectivity index (χ2n) is 7.82. The molecule has 4 rings (SSSR count). The summed E-state index contributed by atoms with van der Waals surface area (Å²) in [5, 5.41) is 9.14. The van der Waals surface area contributed by atoms with Crippen LogP contribution in [-0.2, 0) is 24.2 Å². The molecule has 27 heavy (non-hydrogen) atoms. The van der Waals surface area contributed by atoms with Gasteiger partial charge in [0.15, 0.2) is 5.82 Å². The first-order valence-electron chi connectivity index (χ1n) is 10.1. The fraction of sp³-hybridized carbons (Fsp3) is 0.650. The largest absolute Gasteiger partial charge is 0.341 e. The molecule has 0 spiro atoms. The molecular formula is C20H29N5OS. The van der Waals surface area contributed by atoms with Crippen molar-refractivity contribution in [1.29, 1.82) is 0 Å². The first-order valence-corrected chi connectivity index (χ1v) is 10.9. The zero-order chi connectivity index (χ0) is 19.0. The predicted molar refractivity (Wildman–Crippen MR) is 109 cm³/mol. The number of aryl methyl sites for hydroxylation is 1. The summed E-state index contributed by atoms with van der Waals surface area (Å²) in [6.07, 6.45) is 4.64. The van der Waals surface area contributed by atoms with Crippen molar-refractivity contribution in [2.24, 2.45) is 5.92 Å². The summed E-state index contributed by atoms with van der Waals surface area (Å²) in [6.45, 7) is 10.3. The Labute approximate surface area is 165 Å². The van der Waals surface area contributed by atoms with Crippen LogP contribution in [0.15, 0.2) is 6.07 Å². The highest BCUT2D eigenvalue weighted by molar-refractivity contribution is 7.15. The van der Waals surface area contributed by atoms with Gasteiger partial charge >= 0.3 is 0 Å². The molecule has 1 unspecified atom stereocenters. The van der Waals surface area contributed by atoms with Gasteiger partial charge in [0.1, 0.15) is 0 Å². The van der Waals surface area contributed by atoms with E-state index < -0.39 is 0 Å². The SMILES string of the molecule is CCn1c(-c2cc3c(s2)CCC(C)C3)nnc1N1CCCN(C(C)=O)CC1. The molecule has 1 aliphatic heterocycles. The fourth-order valence-corrected chi connectivity index (χ4v) is 5.45. The molecule has 2 aromatic heterocycles. The summed E-state index contributed by atoms with van der Waals surface area (Å²) in [5.74, 6) is 2.87. The molecular weight excluding hydrogens is 358 g/mol. The van der Waals surface area contributed by atoms with Gasteiger partial charge in [0.05, 0.1) is 4.88 Å². The number of hydrogen-bond acceptors (Lipinski definition) is 5. The van der Waals surface area contributed by atoms with Crippen LogP contribution in [0.2, 0.25) is 0 Å². The molecule has 7 heteroatoms. The molecule has 0 bridgehead atoms. The summed E-state index contributed by atoms with van der Waals surface area (Å²) in [7, 11) is 0. The van der Waals surface area contributed by atoms with Crippen molar-refractivity contribution in [1.82, 2.24) is 19.7 Å². The Kier molecular flexibility index (Phi) is 5.21. The number of fused-ring (bicyclic) bond motifs is 1. The minimum Gasteiger partial charge on any atom is -0.341 e.